The van der Waals surface area contributed by atoms with Gasteiger partial charge in [0.2, 0.25) is 0 Å². The van der Waals surface area contributed by atoms with Gasteiger partial charge in [-0.1, -0.05) is 6.07 Å². The molecule has 4 heteroatoms. The van der Waals surface area contributed by atoms with Gasteiger partial charge in [0.05, 0.1) is 13.2 Å². The van der Waals surface area contributed by atoms with E-state index in [9.17, 15) is 9.90 Å². The summed E-state index contributed by atoms with van der Waals surface area (Å²) in [4.78, 5) is 14.8. The largest absolute Gasteiger partial charge is 0.497 e. The van der Waals surface area contributed by atoms with Crippen LogP contribution in [0.5, 0.6) is 5.75 Å². The van der Waals surface area contributed by atoms with E-state index in [-0.39, 0.29) is 17.8 Å². The number of fused-ring (bicyclic) bond motifs is 1. The van der Waals surface area contributed by atoms with Gasteiger partial charge in [-0.3, -0.25) is 4.79 Å². The van der Waals surface area contributed by atoms with Crippen molar-refractivity contribution in [2.75, 3.05) is 26.7 Å². The van der Waals surface area contributed by atoms with Crippen LogP contribution in [0.3, 0.4) is 0 Å². The number of ketones is 1. The number of likely N-dealkylation sites (tertiary alicyclic amines) is 1. The van der Waals surface area contributed by atoms with Gasteiger partial charge in [0, 0.05) is 31.1 Å². The van der Waals surface area contributed by atoms with Crippen molar-refractivity contribution >= 4 is 5.78 Å². The van der Waals surface area contributed by atoms with Crippen LogP contribution < -0.4 is 4.74 Å². The Kier molecular flexibility index (Phi) is 3.76. The number of carbonyl (C=O) groups is 1. The molecule has 1 heterocycles. The van der Waals surface area contributed by atoms with Crippen LogP contribution in [0.2, 0.25) is 0 Å². The Morgan fingerprint density at radius 3 is 2.80 bits per heavy atom. The molecule has 0 bridgehead atoms. The maximum atomic E-state index is 12.5. The summed E-state index contributed by atoms with van der Waals surface area (Å²) in [5.41, 5.74) is 1.96. The van der Waals surface area contributed by atoms with Crippen LogP contribution in [0.25, 0.3) is 0 Å². The standard InChI is InChI=1S/C16H21NO3/c1-20-14-3-2-11-8-12(16(19)15(11)9-14)10-17-6-4-13(18)5-7-17/h2-3,9,12-13,18H,4-8,10H2,1H3. The lowest BCUT2D eigenvalue weighted by Crippen LogP contribution is -2.39. The minimum absolute atomic E-state index is 0.0624. The van der Waals surface area contributed by atoms with E-state index in [1.165, 1.54) is 0 Å². The Hall–Kier alpha value is -1.39. The van der Waals surface area contributed by atoms with Gasteiger partial charge in [-0.05, 0) is 37.0 Å². The van der Waals surface area contributed by atoms with Gasteiger partial charge >= 0.3 is 0 Å². The van der Waals surface area contributed by atoms with Crippen molar-refractivity contribution in [3.8, 4) is 5.75 Å². The van der Waals surface area contributed by atoms with E-state index in [0.29, 0.717) is 0 Å². The zero-order valence-corrected chi connectivity index (χ0v) is 11.8. The fraction of sp³-hybridized carbons (Fsp3) is 0.562. The molecule has 0 saturated carbocycles. The van der Waals surface area contributed by atoms with E-state index in [2.05, 4.69) is 4.90 Å². The maximum Gasteiger partial charge on any atom is 0.167 e. The number of ether oxygens (including phenoxy) is 1. The molecule has 1 N–H and O–H groups in total. The molecule has 108 valence electrons. The number of piperidine rings is 1. The van der Waals surface area contributed by atoms with Crippen LogP contribution in [-0.4, -0.2) is 48.6 Å². The fourth-order valence-corrected chi connectivity index (χ4v) is 3.23. The molecular weight excluding hydrogens is 254 g/mol. The molecule has 0 radical (unpaired) electrons. The topological polar surface area (TPSA) is 49.8 Å². The van der Waals surface area contributed by atoms with Crippen molar-refractivity contribution in [1.29, 1.82) is 0 Å². The number of nitrogens with zero attached hydrogens (tertiary/aromatic N) is 1. The zero-order chi connectivity index (χ0) is 14.1. The number of aliphatic hydroxyl groups is 1. The smallest absolute Gasteiger partial charge is 0.167 e. The second-order valence-electron chi connectivity index (χ2n) is 5.82. The molecule has 4 nitrogen and oxygen atoms in total. The molecule has 0 aromatic heterocycles. The summed E-state index contributed by atoms with van der Waals surface area (Å²) < 4.78 is 5.19. The summed E-state index contributed by atoms with van der Waals surface area (Å²) in [6.07, 6.45) is 2.31. The fourth-order valence-electron chi connectivity index (χ4n) is 3.23. The van der Waals surface area contributed by atoms with Gasteiger partial charge in [0.15, 0.2) is 5.78 Å². The lowest BCUT2D eigenvalue weighted by atomic mass is 10.0. The SMILES string of the molecule is COc1ccc2c(c1)C(=O)C(CN1CCC(O)CC1)C2. The average Bonchev–Trinajstić information content (AvgIpc) is 2.77. The second kappa shape index (κ2) is 5.54. The van der Waals surface area contributed by atoms with Gasteiger partial charge < -0.3 is 14.7 Å². The minimum Gasteiger partial charge on any atom is -0.497 e. The second-order valence-corrected chi connectivity index (χ2v) is 5.82. The molecule has 20 heavy (non-hydrogen) atoms. The number of Topliss-reactive ketones (excluding diaryl/α,β-unsaturated/α-hetero) is 1. The molecular formula is C16H21NO3. The quantitative estimate of drug-likeness (QED) is 0.908. The summed E-state index contributed by atoms with van der Waals surface area (Å²) in [5.74, 6) is 1.05. The number of carbonyl (C=O) groups excluding carboxylic acids is 1. The number of rotatable bonds is 3. The van der Waals surface area contributed by atoms with Crippen molar-refractivity contribution in [2.45, 2.75) is 25.4 Å². The van der Waals surface area contributed by atoms with Crippen molar-refractivity contribution in [3.63, 3.8) is 0 Å². The molecule has 3 rings (SSSR count). The monoisotopic (exact) mass is 275 g/mol. The Morgan fingerprint density at radius 2 is 2.10 bits per heavy atom. The van der Waals surface area contributed by atoms with Crippen molar-refractivity contribution in [1.82, 2.24) is 4.90 Å². The van der Waals surface area contributed by atoms with Gasteiger partial charge in [0.1, 0.15) is 5.75 Å². The number of aliphatic hydroxyl groups excluding tert-OH is 1. The van der Waals surface area contributed by atoms with Gasteiger partial charge in [-0.2, -0.15) is 0 Å². The van der Waals surface area contributed by atoms with E-state index < -0.39 is 0 Å². The average molecular weight is 275 g/mol. The number of hydrogen-bond acceptors (Lipinski definition) is 4. The third-order valence-electron chi connectivity index (χ3n) is 4.46. The molecule has 2 aliphatic rings. The Bertz CT molecular complexity index is 506. The van der Waals surface area contributed by atoms with Crippen LogP contribution in [0.1, 0.15) is 28.8 Å². The van der Waals surface area contributed by atoms with E-state index in [1.54, 1.807) is 7.11 Å². The first-order valence-corrected chi connectivity index (χ1v) is 7.29. The van der Waals surface area contributed by atoms with Gasteiger partial charge in [0.25, 0.3) is 0 Å². The molecule has 1 aliphatic heterocycles. The molecule has 1 aromatic carbocycles. The van der Waals surface area contributed by atoms with E-state index in [0.717, 1.165) is 55.8 Å². The van der Waals surface area contributed by atoms with Crippen molar-refractivity contribution < 1.29 is 14.6 Å². The lowest BCUT2D eigenvalue weighted by Gasteiger charge is -2.30. The van der Waals surface area contributed by atoms with Crippen LogP contribution in [0.15, 0.2) is 18.2 Å². The molecule has 1 unspecified atom stereocenters. The third-order valence-corrected chi connectivity index (χ3v) is 4.46. The number of benzene rings is 1. The molecule has 1 aromatic rings. The van der Waals surface area contributed by atoms with Crippen molar-refractivity contribution in [3.05, 3.63) is 29.3 Å². The summed E-state index contributed by atoms with van der Waals surface area (Å²) in [7, 11) is 1.62. The maximum absolute atomic E-state index is 12.5. The Morgan fingerprint density at radius 1 is 1.35 bits per heavy atom. The zero-order valence-electron chi connectivity index (χ0n) is 11.8. The first-order chi connectivity index (χ1) is 9.67. The van der Waals surface area contributed by atoms with Gasteiger partial charge in [-0.15, -0.1) is 0 Å². The summed E-state index contributed by atoms with van der Waals surface area (Å²) in [6, 6.07) is 5.79. The van der Waals surface area contributed by atoms with E-state index >= 15 is 0 Å². The van der Waals surface area contributed by atoms with E-state index in [4.69, 9.17) is 4.74 Å². The third kappa shape index (κ3) is 2.58. The molecule has 1 atom stereocenters. The minimum atomic E-state index is -0.160. The summed E-state index contributed by atoms with van der Waals surface area (Å²) in [5, 5.41) is 9.53. The summed E-state index contributed by atoms with van der Waals surface area (Å²) >= 11 is 0. The highest BCUT2D eigenvalue weighted by Crippen LogP contribution is 2.30. The Balaban J connectivity index is 1.67. The first kappa shape index (κ1) is 13.6. The van der Waals surface area contributed by atoms with Crippen LogP contribution in [-0.2, 0) is 6.42 Å². The van der Waals surface area contributed by atoms with Gasteiger partial charge in [-0.25, -0.2) is 0 Å². The number of hydrogen-bond donors (Lipinski definition) is 1. The molecule has 1 saturated heterocycles. The number of methoxy groups -OCH3 is 1. The van der Waals surface area contributed by atoms with E-state index in [1.807, 2.05) is 18.2 Å². The predicted molar refractivity (Wildman–Crippen MR) is 76.2 cm³/mol. The predicted octanol–water partition coefficient (Wildman–Crippen LogP) is 1.51. The van der Waals surface area contributed by atoms with Crippen LogP contribution >= 0.6 is 0 Å². The lowest BCUT2D eigenvalue weighted by molar-refractivity contribution is 0.0692. The molecule has 0 spiro atoms. The molecule has 0 amide bonds. The summed E-state index contributed by atoms with van der Waals surface area (Å²) in [6.45, 7) is 2.60. The van der Waals surface area contributed by atoms with Crippen LogP contribution in [0, 0.1) is 5.92 Å². The molecule has 1 fully saturated rings. The van der Waals surface area contributed by atoms with Crippen LogP contribution in [0.4, 0.5) is 0 Å². The first-order valence-electron chi connectivity index (χ1n) is 7.29. The Labute approximate surface area is 119 Å². The normalized spacial score (nSPS) is 23.9. The highest BCUT2D eigenvalue weighted by molar-refractivity contribution is 6.02. The highest BCUT2D eigenvalue weighted by Gasteiger charge is 2.32. The van der Waals surface area contributed by atoms with Crippen molar-refractivity contribution in [2.24, 2.45) is 5.92 Å². The molecule has 1 aliphatic carbocycles. The highest BCUT2D eigenvalue weighted by atomic mass is 16.5.